The second-order valence-electron chi connectivity index (χ2n) is 5.89. The van der Waals surface area contributed by atoms with E-state index in [1.54, 1.807) is 11.3 Å². The van der Waals surface area contributed by atoms with Gasteiger partial charge in [0.15, 0.2) is 0 Å². The number of nitrogens with zero attached hydrogens (tertiary/aromatic N) is 2. The van der Waals surface area contributed by atoms with Crippen LogP contribution < -0.4 is 0 Å². The number of amides is 2. The summed E-state index contributed by atoms with van der Waals surface area (Å²) in [7, 11) is 0. The molecule has 1 aliphatic rings. The molecule has 1 fully saturated rings. The molecule has 1 N–H and O–H groups in total. The van der Waals surface area contributed by atoms with E-state index >= 15 is 0 Å². The molecule has 1 aromatic heterocycles. The Bertz CT molecular complexity index is 483. The van der Waals surface area contributed by atoms with Crippen molar-refractivity contribution < 1.29 is 14.7 Å². The quantitative estimate of drug-likeness (QED) is 0.842. The number of aliphatic carboxylic acids is 1. The van der Waals surface area contributed by atoms with Crippen molar-refractivity contribution in [1.29, 1.82) is 0 Å². The minimum Gasteiger partial charge on any atom is -0.480 e. The predicted molar refractivity (Wildman–Crippen MR) is 82.3 cm³/mol. The Balaban J connectivity index is 2.08. The summed E-state index contributed by atoms with van der Waals surface area (Å²) in [5.41, 5.74) is 0. The molecule has 6 heteroatoms. The third-order valence-electron chi connectivity index (χ3n) is 3.32. The Hall–Kier alpha value is -1.56. The molecule has 5 nitrogen and oxygen atoms in total. The van der Waals surface area contributed by atoms with E-state index in [2.05, 4.69) is 0 Å². The summed E-state index contributed by atoms with van der Waals surface area (Å²) in [5, 5.41) is 11.0. The van der Waals surface area contributed by atoms with Gasteiger partial charge in [0.05, 0.1) is 6.54 Å². The summed E-state index contributed by atoms with van der Waals surface area (Å²) >= 11 is 1.62. The van der Waals surface area contributed by atoms with Crippen LogP contribution >= 0.6 is 11.3 Å². The fourth-order valence-electron chi connectivity index (χ4n) is 2.31. The van der Waals surface area contributed by atoms with Gasteiger partial charge in [0.25, 0.3) is 0 Å². The molecule has 0 spiro atoms. The second kappa shape index (κ2) is 6.93. The van der Waals surface area contributed by atoms with Gasteiger partial charge < -0.3 is 14.9 Å². The summed E-state index contributed by atoms with van der Waals surface area (Å²) in [4.78, 5) is 28.1. The largest absolute Gasteiger partial charge is 0.480 e. The molecule has 2 rings (SSSR count). The van der Waals surface area contributed by atoms with E-state index in [1.165, 1.54) is 4.90 Å². The predicted octanol–water partition coefficient (Wildman–Crippen LogP) is 2.88. The fourth-order valence-corrected chi connectivity index (χ4v) is 3.01. The number of carbonyl (C=O) groups excluding carboxylic acids is 1. The topological polar surface area (TPSA) is 60.9 Å². The Labute approximate surface area is 129 Å². The maximum Gasteiger partial charge on any atom is 0.323 e. The first kappa shape index (κ1) is 15.8. The Morgan fingerprint density at radius 3 is 2.62 bits per heavy atom. The first-order valence-corrected chi connectivity index (χ1v) is 8.15. The highest BCUT2D eigenvalue weighted by Gasteiger charge is 2.35. The molecule has 1 aliphatic carbocycles. The van der Waals surface area contributed by atoms with E-state index in [-0.39, 0.29) is 24.5 Å². The fraction of sp³-hybridized carbons (Fsp3) is 0.600. The van der Waals surface area contributed by atoms with E-state index in [0.29, 0.717) is 13.1 Å². The van der Waals surface area contributed by atoms with Crippen LogP contribution in [0.2, 0.25) is 0 Å². The number of carboxylic acids is 1. The van der Waals surface area contributed by atoms with E-state index < -0.39 is 5.97 Å². The van der Waals surface area contributed by atoms with Crippen LogP contribution in [0, 0.1) is 5.92 Å². The molecule has 0 aliphatic heterocycles. The number of urea groups is 1. The van der Waals surface area contributed by atoms with Crippen molar-refractivity contribution in [2.45, 2.75) is 39.3 Å². The third kappa shape index (κ3) is 4.74. The number of carbonyl (C=O) groups is 2. The summed E-state index contributed by atoms with van der Waals surface area (Å²) in [6.45, 7) is 4.80. The van der Waals surface area contributed by atoms with Gasteiger partial charge >= 0.3 is 12.0 Å². The van der Waals surface area contributed by atoms with E-state index in [0.717, 1.165) is 17.7 Å². The SMILES string of the molecule is CC(C)CN(CC(=O)O)C(=O)N(Cc1cccs1)C1CC1. The smallest absolute Gasteiger partial charge is 0.323 e. The zero-order chi connectivity index (χ0) is 15.4. The van der Waals surface area contributed by atoms with E-state index in [9.17, 15) is 9.59 Å². The number of hydrogen-bond donors (Lipinski definition) is 1. The van der Waals surface area contributed by atoms with Crippen LogP contribution in [0.5, 0.6) is 0 Å². The van der Waals surface area contributed by atoms with Crippen molar-refractivity contribution in [2.75, 3.05) is 13.1 Å². The summed E-state index contributed by atoms with van der Waals surface area (Å²) < 4.78 is 0. The molecule has 116 valence electrons. The average Bonchev–Trinajstić information content (AvgIpc) is 3.10. The monoisotopic (exact) mass is 310 g/mol. The highest BCUT2D eigenvalue weighted by atomic mass is 32.1. The molecule has 0 aromatic carbocycles. The van der Waals surface area contributed by atoms with Crippen molar-refractivity contribution in [3.8, 4) is 0 Å². The van der Waals surface area contributed by atoms with Crippen LogP contribution in [-0.4, -0.2) is 46.0 Å². The second-order valence-corrected chi connectivity index (χ2v) is 6.92. The molecular formula is C15H22N2O3S. The van der Waals surface area contributed by atoms with Gasteiger partial charge in [-0.05, 0) is 30.2 Å². The Morgan fingerprint density at radius 2 is 2.14 bits per heavy atom. The zero-order valence-corrected chi connectivity index (χ0v) is 13.3. The Morgan fingerprint density at radius 1 is 1.43 bits per heavy atom. The first-order valence-electron chi connectivity index (χ1n) is 7.27. The summed E-state index contributed by atoms with van der Waals surface area (Å²) in [6.07, 6.45) is 2.03. The van der Waals surface area contributed by atoms with Gasteiger partial charge in [0.2, 0.25) is 0 Å². The van der Waals surface area contributed by atoms with Crippen LogP contribution in [0.25, 0.3) is 0 Å². The van der Waals surface area contributed by atoms with Crippen molar-refractivity contribution >= 4 is 23.3 Å². The van der Waals surface area contributed by atoms with Gasteiger partial charge in [0, 0.05) is 17.5 Å². The Kier molecular flexibility index (Phi) is 5.22. The third-order valence-corrected chi connectivity index (χ3v) is 4.18. The highest BCUT2D eigenvalue weighted by Crippen LogP contribution is 2.30. The molecule has 0 unspecified atom stereocenters. The molecule has 2 amide bonds. The summed E-state index contributed by atoms with van der Waals surface area (Å²) in [6, 6.07) is 4.10. The van der Waals surface area contributed by atoms with Gasteiger partial charge in [-0.25, -0.2) is 4.79 Å². The molecule has 0 atom stereocenters. The average molecular weight is 310 g/mol. The molecule has 0 saturated heterocycles. The van der Waals surface area contributed by atoms with E-state index in [1.807, 2.05) is 36.3 Å². The number of hydrogen-bond acceptors (Lipinski definition) is 3. The van der Waals surface area contributed by atoms with Gasteiger partial charge in [-0.1, -0.05) is 19.9 Å². The molecule has 21 heavy (non-hydrogen) atoms. The van der Waals surface area contributed by atoms with Crippen LogP contribution in [0.4, 0.5) is 4.79 Å². The van der Waals surface area contributed by atoms with E-state index in [4.69, 9.17) is 5.11 Å². The minimum absolute atomic E-state index is 0.151. The summed E-state index contributed by atoms with van der Waals surface area (Å²) in [5.74, 6) is -0.716. The number of thiophene rings is 1. The zero-order valence-electron chi connectivity index (χ0n) is 12.5. The van der Waals surface area contributed by atoms with Crippen LogP contribution in [-0.2, 0) is 11.3 Å². The molecule has 1 saturated carbocycles. The lowest BCUT2D eigenvalue weighted by molar-refractivity contribution is -0.137. The lowest BCUT2D eigenvalue weighted by atomic mass is 10.2. The van der Waals surface area contributed by atoms with Crippen LogP contribution in [0.15, 0.2) is 17.5 Å². The minimum atomic E-state index is -0.962. The van der Waals surface area contributed by atoms with Crippen molar-refractivity contribution in [3.05, 3.63) is 22.4 Å². The van der Waals surface area contributed by atoms with Crippen molar-refractivity contribution in [3.63, 3.8) is 0 Å². The highest BCUT2D eigenvalue weighted by molar-refractivity contribution is 7.09. The van der Waals surface area contributed by atoms with Crippen molar-refractivity contribution in [1.82, 2.24) is 9.80 Å². The molecule has 1 heterocycles. The number of rotatable bonds is 7. The van der Waals surface area contributed by atoms with Gasteiger partial charge in [-0.15, -0.1) is 11.3 Å². The normalized spacial score (nSPS) is 14.2. The lowest BCUT2D eigenvalue weighted by Crippen LogP contribution is -2.47. The first-order chi connectivity index (χ1) is 9.97. The van der Waals surface area contributed by atoms with Crippen molar-refractivity contribution in [2.24, 2.45) is 5.92 Å². The molecular weight excluding hydrogens is 288 g/mol. The molecule has 0 bridgehead atoms. The molecule has 0 radical (unpaired) electrons. The lowest BCUT2D eigenvalue weighted by Gasteiger charge is -2.30. The maximum absolute atomic E-state index is 12.7. The van der Waals surface area contributed by atoms with Gasteiger partial charge in [-0.2, -0.15) is 0 Å². The van der Waals surface area contributed by atoms with Crippen LogP contribution in [0.1, 0.15) is 31.6 Å². The number of carboxylic acid groups (broad SMARTS) is 1. The van der Waals surface area contributed by atoms with Gasteiger partial charge in [0.1, 0.15) is 6.54 Å². The standard InChI is InChI=1S/C15H22N2O3S/c1-11(2)8-16(10-14(18)19)15(20)17(12-5-6-12)9-13-4-3-7-21-13/h3-4,7,11-12H,5-6,8-10H2,1-2H3,(H,18,19). The van der Waals surface area contributed by atoms with Gasteiger partial charge in [-0.3, -0.25) is 4.79 Å². The molecule has 1 aromatic rings. The van der Waals surface area contributed by atoms with Crippen LogP contribution in [0.3, 0.4) is 0 Å². The maximum atomic E-state index is 12.7.